The SMILES string of the molecule is CC1CCN(c2ccc(C(=O)OCC(=O)N(C)c3ccccc3)cc2[N+](=O)[O-])CC1. The Balaban J connectivity index is 1.68. The van der Waals surface area contributed by atoms with E-state index in [1.54, 1.807) is 37.4 Å². The van der Waals surface area contributed by atoms with E-state index in [2.05, 4.69) is 6.92 Å². The largest absolute Gasteiger partial charge is 0.452 e. The first kappa shape index (κ1) is 21.3. The van der Waals surface area contributed by atoms with E-state index in [1.807, 2.05) is 11.0 Å². The lowest BCUT2D eigenvalue weighted by molar-refractivity contribution is -0.384. The molecule has 0 saturated carbocycles. The molecule has 8 heteroatoms. The lowest BCUT2D eigenvalue weighted by Gasteiger charge is -2.31. The summed E-state index contributed by atoms with van der Waals surface area (Å²) >= 11 is 0. The number of amides is 1. The zero-order valence-corrected chi connectivity index (χ0v) is 17.1. The number of nitro groups is 1. The van der Waals surface area contributed by atoms with E-state index >= 15 is 0 Å². The van der Waals surface area contributed by atoms with Crippen molar-refractivity contribution in [2.45, 2.75) is 19.8 Å². The Kier molecular flexibility index (Phi) is 6.66. The number of piperidine rings is 1. The van der Waals surface area contributed by atoms with Crippen LogP contribution in [0.25, 0.3) is 0 Å². The molecule has 0 atom stereocenters. The van der Waals surface area contributed by atoms with Gasteiger partial charge in [-0.15, -0.1) is 0 Å². The van der Waals surface area contributed by atoms with Gasteiger partial charge in [-0.1, -0.05) is 25.1 Å². The Morgan fingerprint density at radius 3 is 2.47 bits per heavy atom. The summed E-state index contributed by atoms with van der Waals surface area (Å²) in [4.78, 5) is 39.1. The van der Waals surface area contributed by atoms with Crippen molar-refractivity contribution in [2.75, 3.05) is 36.5 Å². The Hall–Kier alpha value is -3.42. The quantitative estimate of drug-likeness (QED) is 0.409. The number of carbonyl (C=O) groups is 2. The Bertz CT molecular complexity index is 924. The third-order valence-corrected chi connectivity index (χ3v) is 5.38. The van der Waals surface area contributed by atoms with Crippen LogP contribution in [0.3, 0.4) is 0 Å². The molecule has 1 amide bonds. The number of nitrogens with zero attached hydrogens (tertiary/aromatic N) is 3. The standard InChI is InChI=1S/C22H25N3O5/c1-16-10-12-24(13-11-16)19-9-8-17(14-20(19)25(28)29)22(27)30-15-21(26)23(2)18-6-4-3-5-7-18/h3-9,14,16H,10-13,15H2,1-2H3. The van der Waals surface area contributed by atoms with Gasteiger partial charge in [0, 0.05) is 31.9 Å². The van der Waals surface area contributed by atoms with E-state index in [1.165, 1.54) is 17.0 Å². The van der Waals surface area contributed by atoms with Gasteiger partial charge in [0.25, 0.3) is 11.6 Å². The number of carbonyl (C=O) groups excluding carboxylic acids is 2. The summed E-state index contributed by atoms with van der Waals surface area (Å²) in [5, 5.41) is 11.6. The first-order valence-corrected chi connectivity index (χ1v) is 9.89. The molecule has 1 saturated heterocycles. The lowest BCUT2D eigenvalue weighted by atomic mass is 9.98. The second-order valence-corrected chi connectivity index (χ2v) is 7.49. The van der Waals surface area contributed by atoms with Crippen LogP contribution in [0.15, 0.2) is 48.5 Å². The van der Waals surface area contributed by atoms with Gasteiger partial charge in [-0.05, 0) is 43.0 Å². The fraction of sp³-hybridized carbons (Fsp3) is 0.364. The van der Waals surface area contributed by atoms with Crippen molar-refractivity contribution in [3.63, 3.8) is 0 Å². The third kappa shape index (κ3) is 4.94. The van der Waals surface area contributed by atoms with Crippen LogP contribution in [0.1, 0.15) is 30.1 Å². The van der Waals surface area contributed by atoms with Crippen molar-refractivity contribution < 1.29 is 19.2 Å². The van der Waals surface area contributed by atoms with Gasteiger partial charge in [-0.25, -0.2) is 4.79 Å². The minimum atomic E-state index is -0.772. The van der Waals surface area contributed by atoms with E-state index in [0.29, 0.717) is 17.3 Å². The smallest absolute Gasteiger partial charge is 0.338 e. The first-order valence-electron chi connectivity index (χ1n) is 9.89. The number of nitro benzene ring substituents is 1. The van der Waals surface area contributed by atoms with Crippen molar-refractivity contribution in [2.24, 2.45) is 5.92 Å². The molecule has 1 aliphatic heterocycles. The average molecular weight is 411 g/mol. The molecule has 158 valence electrons. The zero-order valence-electron chi connectivity index (χ0n) is 17.1. The van der Waals surface area contributed by atoms with Gasteiger partial charge in [0.05, 0.1) is 10.5 Å². The summed E-state index contributed by atoms with van der Waals surface area (Å²) in [6.07, 6.45) is 1.94. The van der Waals surface area contributed by atoms with E-state index in [-0.39, 0.29) is 11.3 Å². The molecule has 2 aromatic rings. The highest BCUT2D eigenvalue weighted by atomic mass is 16.6. The molecule has 3 rings (SSSR count). The van der Waals surface area contributed by atoms with Crippen LogP contribution in [0.5, 0.6) is 0 Å². The van der Waals surface area contributed by atoms with Gasteiger partial charge >= 0.3 is 5.97 Å². The van der Waals surface area contributed by atoms with Crippen molar-refractivity contribution in [1.82, 2.24) is 0 Å². The van der Waals surface area contributed by atoms with Crippen LogP contribution in [0.2, 0.25) is 0 Å². The van der Waals surface area contributed by atoms with Crippen molar-refractivity contribution in [3.8, 4) is 0 Å². The monoisotopic (exact) mass is 411 g/mol. The second kappa shape index (κ2) is 9.39. The predicted octanol–water partition coefficient (Wildman–Crippen LogP) is 3.65. The molecule has 0 N–H and O–H groups in total. The molecule has 30 heavy (non-hydrogen) atoms. The maximum atomic E-state index is 12.4. The van der Waals surface area contributed by atoms with Crippen LogP contribution >= 0.6 is 0 Å². The number of ether oxygens (including phenoxy) is 1. The molecular weight excluding hydrogens is 386 g/mol. The highest BCUT2D eigenvalue weighted by molar-refractivity contribution is 5.97. The molecule has 2 aromatic carbocycles. The normalized spacial score (nSPS) is 14.3. The highest BCUT2D eigenvalue weighted by Gasteiger charge is 2.25. The van der Waals surface area contributed by atoms with Crippen LogP contribution in [0, 0.1) is 16.0 Å². The zero-order chi connectivity index (χ0) is 21.7. The van der Waals surface area contributed by atoms with E-state index < -0.39 is 23.4 Å². The van der Waals surface area contributed by atoms with E-state index in [9.17, 15) is 19.7 Å². The van der Waals surface area contributed by atoms with Crippen LogP contribution in [-0.2, 0) is 9.53 Å². The average Bonchev–Trinajstić information content (AvgIpc) is 2.77. The number of esters is 1. The maximum absolute atomic E-state index is 12.4. The van der Waals surface area contributed by atoms with Gasteiger partial charge in [0.1, 0.15) is 5.69 Å². The molecule has 8 nitrogen and oxygen atoms in total. The van der Waals surface area contributed by atoms with E-state index in [0.717, 1.165) is 25.9 Å². The molecule has 0 bridgehead atoms. The summed E-state index contributed by atoms with van der Waals surface area (Å²) in [5.74, 6) is -0.573. The molecule has 1 heterocycles. The van der Waals surface area contributed by atoms with Gasteiger partial charge in [0.2, 0.25) is 0 Å². The van der Waals surface area contributed by atoms with Crippen molar-refractivity contribution >= 4 is 28.9 Å². The Morgan fingerprint density at radius 1 is 1.17 bits per heavy atom. The molecule has 0 radical (unpaired) electrons. The lowest BCUT2D eigenvalue weighted by Crippen LogP contribution is -2.33. The van der Waals surface area contributed by atoms with E-state index in [4.69, 9.17) is 4.74 Å². The van der Waals surface area contributed by atoms with Gasteiger partial charge in [-0.2, -0.15) is 0 Å². The molecule has 0 aliphatic carbocycles. The predicted molar refractivity (Wildman–Crippen MR) is 114 cm³/mol. The summed E-state index contributed by atoms with van der Waals surface area (Å²) in [6, 6.07) is 13.3. The second-order valence-electron chi connectivity index (χ2n) is 7.49. The minimum Gasteiger partial charge on any atom is -0.452 e. The summed E-state index contributed by atoms with van der Waals surface area (Å²) in [6.45, 7) is 3.20. The molecule has 1 aliphatic rings. The highest BCUT2D eigenvalue weighted by Crippen LogP contribution is 2.32. The number of para-hydroxylation sites is 1. The van der Waals surface area contributed by atoms with Crippen molar-refractivity contribution in [3.05, 3.63) is 64.2 Å². The number of benzene rings is 2. The van der Waals surface area contributed by atoms with Gasteiger partial charge in [-0.3, -0.25) is 14.9 Å². The van der Waals surface area contributed by atoms with Crippen LogP contribution in [0.4, 0.5) is 17.1 Å². The summed E-state index contributed by atoms with van der Waals surface area (Å²) in [7, 11) is 1.59. The number of anilines is 2. The fourth-order valence-electron chi connectivity index (χ4n) is 3.42. The molecule has 0 spiro atoms. The Morgan fingerprint density at radius 2 is 1.83 bits per heavy atom. The minimum absolute atomic E-state index is 0.0472. The summed E-state index contributed by atoms with van der Waals surface area (Å²) in [5.41, 5.74) is 1.09. The third-order valence-electron chi connectivity index (χ3n) is 5.38. The molecule has 0 aromatic heterocycles. The number of likely N-dealkylation sites (N-methyl/N-ethyl adjacent to an activating group) is 1. The van der Waals surface area contributed by atoms with Gasteiger partial charge < -0.3 is 14.5 Å². The number of hydrogen-bond donors (Lipinski definition) is 0. The topological polar surface area (TPSA) is 93.0 Å². The van der Waals surface area contributed by atoms with Crippen molar-refractivity contribution in [1.29, 1.82) is 0 Å². The number of rotatable bonds is 6. The Labute approximate surface area is 175 Å². The molecular formula is C22H25N3O5. The maximum Gasteiger partial charge on any atom is 0.338 e. The number of hydrogen-bond acceptors (Lipinski definition) is 6. The van der Waals surface area contributed by atoms with Gasteiger partial charge in [0.15, 0.2) is 6.61 Å². The van der Waals surface area contributed by atoms with Crippen LogP contribution in [-0.4, -0.2) is 43.5 Å². The fourth-order valence-corrected chi connectivity index (χ4v) is 3.42. The summed E-state index contributed by atoms with van der Waals surface area (Å²) < 4.78 is 5.10. The molecule has 1 fully saturated rings. The first-order chi connectivity index (χ1) is 14.4. The molecule has 0 unspecified atom stereocenters. The van der Waals surface area contributed by atoms with Crippen LogP contribution < -0.4 is 9.80 Å².